The van der Waals surface area contributed by atoms with E-state index in [1.807, 2.05) is 30.3 Å². The minimum absolute atomic E-state index is 0.0437. The number of amides is 1. The molecule has 1 atom stereocenters. The number of benzene rings is 1. The Morgan fingerprint density at radius 1 is 1.30 bits per heavy atom. The zero-order chi connectivity index (χ0) is 15.0. The van der Waals surface area contributed by atoms with Crippen molar-refractivity contribution >= 4 is 12.1 Å². The number of aliphatic hydroxyl groups is 1. The molecule has 0 radical (unpaired) electrons. The summed E-state index contributed by atoms with van der Waals surface area (Å²) in [6.45, 7) is 1.52. The third-order valence-electron chi connectivity index (χ3n) is 2.78. The number of carbonyl (C=O) groups excluding carboxylic acids is 1. The van der Waals surface area contributed by atoms with Crippen LogP contribution < -0.4 is 0 Å². The van der Waals surface area contributed by atoms with E-state index in [4.69, 9.17) is 14.9 Å². The van der Waals surface area contributed by atoms with E-state index in [-0.39, 0.29) is 26.2 Å². The van der Waals surface area contributed by atoms with Gasteiger partial charge in [-0.1, -0.05) is 30.3 Å². The maximum Gasteiger partial charge on any atom is 0.410 e. The van der Waals surface area contributed by atoms with Crippen molar-refractivity contribution in [2.45, 2.75) is 26.0 Å². The summed E-state index contributed by atoms with van der Waals surface area (Å²) in [7, 11) is 0. The van der Waals surface area contributed by atoms with Crippen LogP contribution in [-0.2, 0) is 16.1 Å². The second-order valence-corrected chi connectivity index (χ2v) is 4.40. The van der Waals surface area contributed by atoms with Crippen LogP contribution in [0.2, 0.25) is 0 Å². The van der Waals surface area contributed by atoms with Crippen LogP contribution in [0.5, 0.6) is 0 Å². The quantitative estimate of drug-likeness (QED) is 0.790. The van der Waals surface area contributed by atoms with E-state index in [1.54, 1.807) is 6.92 Å². The minimum atomic E-state index is -1.00. The van der Waals surface area contributed by atoms with Gasteiger partial charge in [0, 0.05) is 12.6 Å². The Balaban J connectivity index is 2.57. The first-order chi connectivity index (χ1) is 9.54. The van der Waals surface area contributed by atoms with E-state index < -0.39 is 18.1 Å². The predicted octanol–water partition coefficient (Wildman–Crippen LogP) is 1.48. The molecule has 0 saturated heterocycles. The molecule has 0 fully saturated rings. The fourth-order valence-corrected chi connectivity index (χ4v) is 1.76. The van der Waals surface area contributed by atoms with Gasteiger partial charge in [-0.15, -0.1) is 0 Å². The Morgan fingerprint density at radius 2 is 1.95 bits per heavy atom. The maximum atomic E-state index is 11.9. The highest BCUT2D eigenvalue weighted by Gasteiger charge is 2.23. The number of rotatable bonds is 7. The van der Waals surface area contributed by atoms with Crippen LogP contribution in [0.3, 0.4) is 0 Å². The SMILES string of the molecule is CC(CC(=O)O)N(CCO)C(=O)OCc1ccccc1. The van der Waals surface area contributed by atoms with Gasteiger partial charge in [0.25, 0.3) is 0 Å². The van der Waals surface area contributed by atoms with Crippen molar-refractivity contribution in [1.29, 1.82) is 0 Å². The normalized spacial score (nSPS) is 11.7. The minimum Gasteiger partial charge on any atom is -0.481 e. The topological polar surface area (TPSA) is 87.1 Å². The zero-order valence-electron chi connectivity index (χ0n) is 11.4. The van der Waals surface area contributed by atoms with Gasteiger partial charge in [-0.05, 0) is 12.5 Å². The molecule has 2 N–H and O–H groups in total. The average molecular weight is 281 g/mol. The van der Waals surface area contributed by atoms with Gasteiger partial charge in [0.1, 0.15) is 6.61 Å². The number of nitrogens with zero attached hydrogens (tertiary/aromatic N) is 1. The molecule has 1 rings (SSSR count). The summed E-state index contributed by atoms with van der Waals surface area (Å²) < 4.78 is 5.13. The van der Waals surface area contributed by atoms with Crippen molar-refractivity contribution in [3.63, 3.8) is 0 Å². The number of aliphatic carboxylic acids is 1. The fourth-order valence-electron chi connectivity index (χ4n) is 1.76. The molecule has 0 aliphatic rings. The predicted molar refractivity (Wildman–Crippen MR) is 72.1 cm³/mol. The van der Waals surface area contributed by atoms with Gasteiger partial charge in [0.05, 0.1) is 13.0 Å². The summed E-state index contributed by atoms with van der Waals surface area (Å²) in [5.41, 5.74) is 0.843. The van der Waals surface area contributed by atoms with E-state index in [0.717, 1.165) is 5.56 Å². The van der Waals surface area contributed by atoms with Crippen molar-refractivity contribution in [2.75, 3.05) is 13.2 Å². The second kappa shape index (κ2) is 8.16. The average Bonchev–Trinajstić information content (AvgIpc) is 2.42. The van der Waals surface area contributed by atoms with E-state index >= 15 is 0 Å². The molecule has 1 unspecified atom stereocenters. The molecule has 0 saturated carbocycles. The second-order valence-electron chi connectivity index (χ2n) is 4.40. The summed E-state index contributed by atoms with van der Waals surface area (Å²) in [6.07, 6.45) is -0.822. The first kappa shape index (κ1) is 16.0. The van der Waals surface area contributed by atoms with Crippen LogP contribution in [0.4, 0.5) is 4.79 Å². The molecule has 0 aromatic heterocycles. The lowest BCUT2D eigenvalue weighted by atomic mass is 10.2. The largest absolute Gasteiger partial charge is 0.481 e. The highest BCUT2D eigenvalue weighted by molar-refractivity contribution is 5.71. The third-order valence-corrected chi connectivity index (χ3v) is 2.78. The van der Waals surface area contributed by atoms with Crippen LogP contribution in [0, 0.1) is 0 Å². The van der Waals surface area contributed by atoms with Crippen molar-refractivity contribution in [2.24, 2.45) is 0 Å². The molecule has 1 aromatic rings. The van der Waals surface area contributed by atoms with Gasteiger partial charge >= 0.3 is 12.1 Å². The lowest BCUT2D eigenvalue weighted by Gasteiger charge is -2.26. The first-order valence-electron chi connectivity index (χ1n) is 6.34. The summed E-state index contributed by atoms with van der Waals surface area (Å²) >= 11 is 0. The number of carboxylic acids is 1. The number of ether oxygens (including phenoxy) is 1. The van der Waals surface area contributed by atoms with Crippen LogP contribution in [0.25, 0.3) is 0 Å². The molecular formula is C14H19NO5. The van der Waals surface area contributed by atoms with Crippen molar-refractivity contribution in [3.8, 4) is 0 Å². The highest BCUT2D eigenvalue weighted by atomic mass is 16.6. The summed E-state index contributed by atoms with van der Waals surface area (Å²) in [5, 5.41) is 17.7. The van der Waals surface area contributed by atoms with Crippen molar-refractivity contribution in [3.05, 3.63) is 35.9 Å². The molecule has 1 amide bonds. The number of carbonyl (C=O) groups is 2. The van der Waals surface area contributed by atoms with Gasteiger partial charge in [0.15, 0.2) is 0 Å². The lowest BCUT2D eigenvalue weighted by Crippen LogP contribution is -2.41. The Hall–Kier alpha value is -2.08. The lowest BCUT2D eigenvalue weighted by molar-refractivity contribution is -0.138. The molecule has 110 valence electrons. The van der Waals surface area contributed by atoms with Crippen LogP contribution in [0.1, 0.15) is 18.9 Å². The molecule has 0 aliphatic heterocycles. The third kappa shape index (κ3) is 5.27. The molecule has 0 heterocycles. The molecule has 0 bridgehead atoms. The smallest absolute Gasteiger partial charge is 0.410 e. The van der Waals surface area contributed by atoms with E-state index in [1.165, 1.54) is 4.90 Å². The monoisotopic (exact) mass is 281 g/mol. The Labute approximate surface area is 117 Å². The molecular weight excluding hydrogens is 262 g/mol. The molecule has 6 nitrogen and oxygen atoms in total. The summed E-state index contributed by atoms with van der Waals surface area (Å²) in [6, 6.07) is 8.64. The number of aliphatic hydroxyl groups excluding tert-OH is 1. The molecule has 1 aromatic carbocycles. The van der Waals surface area contributed by atoms with Crippen LogP contribution in [0.15, 0.2) is 30.3 Å². The van der Waals surface area contributed by atoms with Gasteiger partial charge < -0.3 is 19.8 Å². The molecule has 20 heavy (non-hydrogen) atoms. The fraction of sp³-hybridized carbons (Fsp3) is 0.429. The molecule has 6 heteroatoms. The van der Waals surface area contributed by atoms with Gasteiger partial charge in [0.2, 0.25) is 0 Å². The van der Waals surface area contributed by atoms with E-state index in [9.17, 15) is 9.59 Å². The standard InChI is InChI=1S/C14H19NO5/c1-11(9-13(17)18)15(7-8-16)14(19)20-10-12-5-3-2-4-6-12/h2-6,11,16H,7-10H2,1H3,(H,17,18). The van der Waals surface area contributed by atoms with Gasteiger partial charge in [-0.3, -0.25) is 4.79 Å². The van der Waals surface area contributed by atoms with E-state index in [0.29, 0.717) is 0 Å². The molecule has 0 spiro atoms. The maximum absolute atomic E-state index is 11.9. The first-order valence-corrected chi connectivity index (χ1v) is 6.34. The Kier molecular flexibility index (Phi) is 6.52. The van der Waals surface area contributed by atoms with E-state index in [2.05, 4.69) is 0 Å². The zero-order valence-corrected chi connectivity index (χ0v) is 11.4. The highest BCUT2D eigenvalue weighted by Crippen LogP contribution is 2.08. The van der Waals surface area contributed by atoms with Gasteiger partial charge in [-0.25, -0.2) is 4.79 Å². The number of hydrogen-bond donors (Lipinski definition) is 2. The van der Waals surface area contributed by atoms with Crippen LogP contribution >= 0.6 is 0 Å². The summed E-state index contributed by atoms with van der Waals surface area (Å²) in [4.78, 5) is 23.8. The number of hydrogen-bond acceptors (Lipinski definition) is 4. The Morgan fingerprint density at radius 3 is 2.50 bits per heavy atom. The van der Waals surface area contributed by atoms with Crippen LogP contribution in [-0.4, -0.2) is 46.4 Å². The number of carboxylic acid groups (broad SMARTS) is 1. The molecule has 0 aliphatic carbocycles. The van der Waals surface area contributed by atoms with Gasteiger partial charge in [-0.2, -0.15) is 0 Å². The Bertz CT molecular complexity index is 434. The summed E-state index contributed by atoms with van der Waals surface area (Å²) in [5.74, 6) is -1.00. The van der Waals surface area contributed by atoms with Crippen molar-refractivity contribution < 1.29 is 24.5 Å². The van der Waals surface area contributed by atoms with Crippen molar-refractivity contribution in [1.82, 2.24) is 4.90 Å².